The molecule has 0 spiro atoms. The van der Waals surface area contributed by atoms with E-state index in [0.29, 0.717) is 0 Å². The van der Waals surface area contributed by atoms with Gasteiger partial charge in [0.05, 0.1) is 5.37 Å². The van der Waals surface area contributed by atoms with E-state index in [4.69, 9.17) is 5.73 Å². The summed E-state index contributed by atoms with van der Waals surface area (Å²) in [6.45, 7) is 6.09. The highest BCUT2D eigenvalue weighted by Gasteiger charge is 2.06. The molecule has 2 heteroatoms. The number of rotatable bonds is 3. The van der Waals surface area contributed by atoms with Gasteiger partial charge in [-0.25, -0.2) is 0 Å². The van der Waals surface area contributed by atoms with Gasteiger partial charge in [-0.05, 0) is 24.6 Å². The molecule has 0 aliphatic heterocycles. The lowest BCUT2D eigenvalue weighted by atomic mass is 10.2. The molecule has 0 amide bonds. The van der Waals surface area contributed by atoms with Crippen LogP contribution in [-0.4, -0.2) is 0 Å². The predicted molar refractivity (Wildman–Crippen MR) is 81.8 cm³/mol. The zero-order chi connectivity index (χ0) is 13.4. The molecule has 0 aliphatic carbocycles. The van der Waals surface area contributed by atoms with Gasteiger partial charge in [0.15, 0.2) is 0 Å². The summed E-state index contributed by atoms with van der Waals surface area (Å²) >= 11 is 1.68. The smallest absolute Gasteiger partial charge is 0.0811 e. The summed E-state index contributed by atoms with van der Waals surface area (Å²) in [6.07, 6.45) is 0. The highest BCUT2D eigenvalue weighted by Crippen LogP contribution is 2.30. The van der Waals surface area contributed by atoms with Crippen molar-refractivity contribution < 1.29 is 0 Å². The minimum atomic E-state index is 0.00362. The maximum atomic E-state index is 6.13. The van der Waals surface area contributed by atoms with Crippen LogP contribution in [-0.2, 0) is 0 Å². The molecule has 18 heavy (non-hydrogen) atoms. The van der Waals surface area contributed by atoms with E-state index < -0.39 is 0 Å². The molecule has 0 radical (unpaired) electrons. The van der Waals surface area contributed by atoms with E-state index in [2.05, 4.69) is 43.3 Å². The molecule has 2 aromatic rings. The molecule has 0 saturated carbocycles. The second-order valence-corrected chi connectivity index (χ2v) is 4.98. The average molecular weight is 259 g/mol. The molecule has 0 saturated heterocycles. The first-order valence-corrected chi connectivity index (χ1v) is 7.17. The van der Waals surface area contributed by atoms with E-state index in [9.17, 15) is 0 Å². The molecular formula is C16H21NS. The first-order valence-electron chi connectivity index (χ1n) is 6.29. The fraction of sp³-hybridized carbons (Fsp3) is 0.250. The Kier molecular flexibility index (Phi) is 6.55. The topological polar surface area (TPSA) is 26.0 Å². The number of benzene rings is 2. The van der Waals surface area contributed by atoms with Crippen LogP contribution in [0.5, 0.6) is 0 Å². The molecule has 0 aliphatic rings. The zero-order valence-corrected chi connectivity index (χ0v) is 12.1. The van der Waals surface area contributed by atoms with Gasteiger partial charge in [-0.2, -0.15) is 0 Å². The zero-order valence-electron chi connectivity index (χ0n) is 11.3. The normalized spacial score (nSPS) is 11.3. The van der Waals surface area contributed by atoms with Crippen LogP contribution in [0.3, 0.4) is 0 Å². The van der Waals surface area contributed by atoms with E-state index in [-0.39, 0.29) is 5.37 Å². The van der Waals surface area contributed by atoms with E-state index in [1.807, 2.05) is 32.0 Å². The summed E-state index contributed by atoms with van der Waals surface area (Å²) in [5, 5.41) is 0.00362. The summed E-state index contributed by atoms with van der Waals surface area (Å²) in [4.78, 5) is 1.21. The first kappa shape index (κ1) is 14.8. The van der Waals surface area contributed by atoms with Crippen LogP contribution >= 0.6 is 11.8 Å². The number of hydrogen-bond acceptors (Lipinski definition) is 2. The van der Waals surface area contributed by atoms with Gasteiger partial charge in [0, 0.05) is 4.90 Å². The largest absolute Gasteiger partial charge is 0.315 e. The summed E-state index contributed by atoms with van der Waals surface area (Å²) < 4.78 is 0. The third-order valence-electron chi connectivity index (χ3n) is 2.41. The van der Waals surface area contributed by atoms with E-state index in [0.717, 1.165) is 5.56 Å². The second kappa shape index (κ2) is 7.96. The Morgan fingerprint density at radius 2 is 1.44 bits per heavy atom. The van der Waals surface area contributed by atoms with Crippen molar-refractivity contribution in [3.05, 3.63) is 65.7 Å². The molecule has 2 aromatic carbocycles. The molecule has 96 valence electrons. The quantitative estimate of drug-likeness (QED) is 0.634. The van der Waals surface area contributed by atoms with E-state index >= 15 is 0 Å². The SMILES string of the molecule is CC.Cc1ccc(SC(N)c2ccccc2)cc1. The van der Waals surface area contributed by atoms with Crippen LogP contribution in [0.25, 0.3) is 0 Å². The molecule has 1 nitrogen and oxygen atoms in total. The van der Waals surface area contributed by atoms with Crippen LogP contribution in [0.2, 0.25) is 0 Å². The molecule has 0 fully saturated rings. The van der Waals surface area contributed by atoms with Crippen molar-refractivity contribution in [1.82, 2.24) is 0 Å². The van der Waals surface area contributed by atoms with Gasteiger partial charge in [0.1, 0.15) is 0 Å². The molecule has 0 heterocycles. The lowest BCUT2D eigenvalue weighted by Gasteiger charge is -2.11. The average Bonchev–Trinajstić information content (AvgIpc) is 2.44. The summed E-state index contributed by atoms with van der Waals surface area (Å²) in [7, 11) is 0. The summed E-state index contributed by atoms with van der Waals surface area (Å²) in [5.41, 5.74) is 8.56. The molecule has 1 unspecified atom stereocenters. The van der Waals surface area contributed by atoms with Gasteiger partial charge in [-0.15, -0.1) is 11.8 Å². The Balaban J connectivity index is 0.000000771. The summed E-state index contributed by atoms with van der Waals surface area (Å²) in [6, 6.07) is 18.6. The third-order valence-corrected chi connectivity index (χ3v) is 3.48. The lowest BCUT2D eigenvalue weighted by molar-refractivity contribution is 1.03. The van der Waals surface area contributed by atoms with Crippen LogP contribution in [0.4, 0.5) is 0 Å². The molecular weight excluding hydrogens is 238 g/mol. The van der Waals surface area contributed by atoms with Gasteiger partial charge < -0.3 is 5.73 Å². The summed E-state index contributed by atoms with van der Waals surface area (Å²) in [5.74, 6) is 0. The van der Waals surface area contributed by atoms with Gasteiger partial charge in [0.2, 0.25) is 0 Å². The molecule has 0 bridgehead atoms. The Labute approximate surface area is 114 Å². The standard InChI is InChI=1S/C14H15NS.C2H6/c1-11-7-9-13(10-8-11)16-14(15)12-5-3-2-4-6-12;1-2/h2-10,14H,15H2,1H3;1-2H3. The van der Waals surface area contributed by atoms with Gasteiger partial charge in [-0.1, -0.05) is 61.9 Å². The fourth-order valence-electron chi connectivity index (χ4n) is 1.47. The van der Waals surface area contributed by atoms with Crippen LogP contribution in [0.15, 0.2) is 59.5 Å². The Morgan fingerprint density at radius 3 is 2.00 bits per heavy atom. The maximum Gasteiger partial charge on any atom is 0.0811 e. The van der Waals surface area contributed by atoms with Crippen LogP contribution < -0.4 is 5.73 Å². The minimum absolute atomic E-state index is 0.00362. The minimum Gasteiger partial charge on any atom is -0.315 e. The second-order valence-electron chi connectivity index (χ2n) is 3.76. The maximum absolute atomic E-state index is 6.13. The van der Waals surface area contributed by atoms with Crippen molar-refractivity contribution in [2.75, 3.05) is 0 Å². The molecule has 1 atom stereocenters. The number of aryl methyl sites for hydroxylation is 1. The van der Waals surface area contributed by atoms with Crippen molar-refractivity contribution in [3.63, 3.8) is 0 Å². The highest BCUT2D eigenvalue weighted by molar-refractivity contribution is 7.99. The van der Waals surface area contributed by atoms with Crippen LogP contribution in [0, 0.1) is 6.92 Å². The van der Waals surface area contributed by atoms with E-state index in [1.165, 1.54) is 10.5 Å². The molecule has 2 rings (SSSR count). The van der Waals surface area contributed by atoms with Crippen LogP contribution in [0.1, 0.15) is 30.3 Å². The Hall–Kier alpha value is -1.25. The van der Waals surface area contributed by atoms with Gasteiger partial charge >= 0.3 is 0 Å². The Bertz CT molecular complexity index is 436. The number of thioether (sulfide) groups is 1. The van der Waals surface area contributed by atoms with Crippen molar-refractivity contribution in [2.45, 2.75) is 31.0 Å². The fourth-order valence-corrected chi connectivity index (χ4v) is 2.35. The molecule has 0 aromatic heterocycles. The van der Waals surface area contributed by atoms with Crippen molar-refractivity contribution in [3.8, 4) is 0 Å². The Morgan fingerprint density at radius 1 is 0.889 bits per heavy atom. The first-order chi connectivity index (χ1) is 8.75. The van der Waals surface area contributed by atoms with Crippen molar-refractivity contribution in [2.24, 2.45) is 5.73 Å². The van der Waals surface area contributed by atoms with Crippen molar-refractivity contribution in [1.29, 1.82) is 0 Å². The monoisotopic (exact) mass is 259 g/mol. The van der Waals surface area contributed by atoms with E-state index in [1.54, 1.807) is 11.8 Å². The third kappa shape index (κ3) is 4.55. The number of hydrogen-bond donors (Lipinski definition) is 1. The molecule has 2 N–H and O–H groups in total. The van der Waals surface area contributed by atoms with Gasteiger partial charge in [0.25, 0.3) is 0 Å². The predicted octanol–water partition coefficient (Wildman–Crippen LogP) is 4.77. The van der Waals surface area contributed by atoms with Crippen molar-refractivity contribution >= 4 is 11.8 Å². The lowest BCUT2D eigenvalue weighted by Crippen LogP contribution is -2.05. The number of nitrogens with two attached hydrogens (primary N) is 1. The highest BCUT2D eigenvalue weighted by atomic mass is 32.2. The van der Waals surface area contributed by atoms with Gasteiger partial charge in [-0.3, -0.25) is 0 Å².